The van der Waals surface area contributed by atoms with Gasteiger partial charge in [-0.25, -0.2) is 9.50 Å². The molecule has 0 amide bonds. The molecule has 0 spiro atoms. The summed E-state index contributed by atoms with van der Waals surface area (Å²) in [6.45, 7) is 0.794. The molecule has 0 aliphatic heterocycles. The summed E-state index contributed by atoms with van der Waals surface area (Å²) in [5.74, 6) is 0.838. The fourth-order valence-electron chi connectivity index (χ4n) is 1.53. The van der Waals surface area contributed by atoms with Crippen LogP contribution in [0, 0.1) is 0 Å². The summed E-state index contributed by atoms with van der Waals surface area (Å²) in [7, 11) is 0. The normalized spacial score (nSPS) is 10.9. The van der Waals surface area contributed by atoms with Crippen molar-refractivity contribution in [3.05, 3.63) is 45.3 Å². The maximum atomic E-state index is 4.44. The molecule has 86 valence electrons. The Morgan fingerprint density at radius 1 is 1.35 bits per heavy atom. The fraction of sp³-hybridized carbons (Fsp3) is 0.0909. The van der Waals surface area contributed by atoms with Crippen LogP contribution in [0.15, 0.2) is 40.4 Å². The van der Waals surface area contributed by atoms with Crippen LogP contribution in [0.4, 0.5) is 5.82 Å². The summed E-state index contributed by atoms with van der Waals surface area (Å²) in [5, 5.41) is 9.79. The predicted octanol–water partition coefficient (Wildman–Crippen LogP) is 3.17. The van der Waals surface area contributed by atoms with E-state index in [0.717, 1.165) is 22.6 Å². The van der Waals surface area contributed by atoms with Crippen LogP contribution in [0.2, 0.25) is 0 Å². The first-order valence-corrected chi connectivity index (χ1v) is 6.77. The monoisotopic (exact) mass is 308 g/mol. The predicted molar refractivity (Wildman–Crippen MR) is 72.3 cm³/mol. The minimum absolute atomic E-state index is 0.794. The molecule has 1 N–H and O–H groups in total. The highest BCUT2D eigenvalue weighted by atomic mass is 79.9. The van der Waals surface area contributed by atoms with E-state index in [2.05, 4.69) is 42.8 Å². The van der Waals surface area contributed by atoms with Crippen LogP contribution < -0.4 is 5.32 Å². The van der Waals surface area contributed by atoms with Gasteiger partial charge in [0, 0.05) is 4.88 Å². The van der Waals surface area contributed by atoms with E-state index < -0.39 is 0 Å². The Morgan fingerprint density at radius 2 is 2.29 bits per heavy atom. The average Bonchev–Trinajstić information content (AvgIpc) is 2.97. The number of aromatic nitrogens is 3. The number of hydrogen-bond acceptors (Lipinski definition) is 4. The van der Waals surface area contributed by atoms with Crippen LogP contribution in [0.25, 0.3) is 5.65 Å². The van der Waals surface area contributed by atoms with Gasteiger partial charge in [-0.2, -0.15) is 0 Å². The summed E-state index contributed by atoms with van der Waals surface area (Å²) in [5.41, 5.74) is 0.832. The molecular weight excluding hydrogens is 300 g/mol. The molecule has 0 saturated heterocycles. The lowest BCUT2D eigenvalue weighted by Gasteiger charge is -2.04. The van der Waals surface area contributed by atoms with Crippen molar-refractivity contribution in [2.24, 2.45) is 0 Å². The molecule has 0 bridgehead atoms. The molecule has 0 aliphatic carbocycles. The van der Waals surface area contributed by atoms with E-state index in [0.29, 0.717) is 0 Å². The Kier molecular flexibility index (Phi) is 2.82. The van der Waals surface area contributed by atoms with E-state index in [1.54, 1.807) is 22.0 Å². The van der Waals surface area contributed by atoms with Crippen molar-refractivity contribution in [3.8, 4) is 0 Å². The van der Waals surface area contributed by atoms with E-state index in [-0.39, 0.29) is 0 Å². The SMILES string of the molecule is Brc1cnc2ccc(NCc3cccs3)nn12. The third-order valence-electron chi connectivity index (χ3n) is 2.34. The molecule has 0 aliphatic rings. The van der Waals surface area contributed by atoms with Gasteiger partial charge < -0.3 is 5.32 Å². The van der Waals surface area contributed by atoms with Crippen molar-refractivity contribution in [1.82, 2.24) is 14.6 Å². The Labute approximate surface area is 110 Å². The van der Waals surface area contributed by atoms with Gasteiger partial charge >= 0.3 is 0 Å². The molecule has 0 radical (unpaired) electrons. The molecule has 0 fully saturated rings. The lowest BCUT2D eigenvalue weighted by Crippen LogP contribution is -2.03. The fourth-order valence-corrected chi connectivity index (χ4v) is 2.54. The van der Waals surface area contributed by atoms with E-state index in [4.69, 9.17) is 0 Å². The molecule has 17 heavy (non-hydrogen) atoms. The Hall–Kier alpha value is -1.40. The van der Waals surface area contributed by atoms with Gasteiger partial charge in [-0.05, 0) is 39.5 Å². The van der Waals surface area contributed by atoms with E-state index in [9.17, 15) is 0 Å². The third-order valence-corrected chi connectivity index (χ3v) is 3.76. The molecule has 0 aromatic carbocycles. The minimum atomic E-state index is 0.794. The van der Waals surface area contributed by atoms with E-state index in [1.807, 2.05) is 18.2 Å². The third kappa shape index (κ3) is 2.18. The molecular formula is C11H9BrN4S. The average molecular weight is 309 g/mol. The van der Waals surface area contributed by atoms with Crippen molar-refractivity contribution in [2.45, 2.75) is 6.54 Å². The van der Waals surface area contributed by atoms with Crippen molar-refractivity contribution in [2.75, 3.05) is 5.32 Å². The van der Waals surface area contributed by atoms with Crippen molar-refractivity contribution >= 4 is 38.7 Å². The van der Waals surface area contributed by atoms with Gasteiger partial charge in [0.25, 0.3) is 0 Å². The Bertz CT molecular complexity index is 632. The Balaban J connectivity index is 1.83. The van der Waals surface area contributed by atoms with Crippen LogP contribution in [-0.4, -0.2) is 14.6 Å². The van der Waals surface area contributed by atoms with Gasteiger partial charge in [-0.1, -0.05) is 6.07 Å². The maximum absolute atomic E-state index is 4.44. The Morgan fingerprint density at radius 3 is 3.12 bits per heavy atom. The number of fused-ring (bicyclic) bond motifs is 1. The first-order valence-electron chi connectivity index (χ1n) is 5.09. The molecule has 0 atom stereocenters. The summed E-state index contributed by atoms with van der Waals surface area (Å²) in [4.78, 5) is 5.49. The lowest BCUT2D eigenvalue weighted by molar-refractivity contribution is 0.909. The molecule has 3 rings (SSSR count). The number of anilines is 1. The highest BCUT2D eigenvalue weighted by molar-refractivity contribution is 9.10. The molecule has 0 saturated carbocycles. The first kappa shape index (κ1) is 10.7. The molecule has 3 aromatic heterocycles. The summed E-state index contributed by atoms with van der Waals surface area (Å²) < 4.78 is 2.61. The van der Waals surface area contributed by atoms with Gasteiger partial charge in [-0.3, -0.25) is 0 Å². The molecule has 6 heteroatoms. The molecule has 0 unspecified atom stereocenters. The summed E-state index contributed by atoms with van der Waals surface area (Å²) in [6.07, 6.45) is 1.74. The largest absolute Gasteiger partial charge is 0.364 e. The zero-order valence-corrected chi connectivity index (χ0v) is 11.2. The maximum Gasteiger partial charge on any atom is 0.154 e. The van der Waals surface area contributed by atoms with Crippen molar-refractivity contribution in [3.63, 3.8) is 0 Å². The zero-order chi connectivity index (χ0) is 11.7. The number of thiophene rings is 1. The van der Waals surface area contributed by atoms with Gasteiger partial charge in [0.05, 0.1) is 12.7 Å². The van der Waals surface area contributed by atoms with Gasteiger partial charge in [0.1, 0.15) is 10.4 Å². The molecule has 3 heterocycles. The highest BCUT2D eigenvalue weighted by Gasteiger charge is 2.02. The second-order valence-corrected chi connectivity index (χ2v) is 5.35. The minimum Gasteiger partial charge on any atom is -0.364 e. The van der Waals surface area contributed by atoms with Crippen molar-refractivity contribution in [1.29, 1.82) is 0 Å². The van der Waals surface area contributed by atoms with Crippen LogP contribution in [0.5, 0.6) is 0 Å². The smallest absolute Gasteiger partial charge is 0.154 e. The number of halogens is 1. The topological polar surface area (TPSA) is 42.2 Å². The van der Waals surface area contributed by atoms with Gasteiger partial charge in [-0.15, -0.1) is 16.4 Å². The van der Waals surface area contributed by atoms with Crippen molar-refractivity contribution < 1.29 is 0 Å². The van der Waals surface area contributed by atoms with Gasteiger partial charge in [0.15, 0.2) is 5.65 Å². The molecule has 3 aromatic rings. The summed E-state index contributed by atoms with van der Waals surface area (Å²) >= 11 is 5.14. The van der Waals surface area contributed by atoms with Crippen LogP contribution in [0.1, 0.15) is 4.88 Å². The molecule has 4 nitrogen and oxygen atoms in total. The lowest BCUT2D eigenvalue weighted by atomic mass is 10.4. The number of imidazole rings is 1. The van der Waals surface area contributed by atoms with E-state index in [1.165, 1.54) is 4.88 Å². The zero-order valence-electron chi connectivity index (χ0n) is 8.80. The number of hydrogen-bond donors (Lipinski definition) is 1. The number of nitrogens with zero attached hydrogens (tertiary/aromatic N) is 3. The van der Waals surface area contributed by atoms with Crippen LogP contribution >= 0.6 is 27.3 Å². The standard InChI is InChI=1S/C11H9BrN4S/c12-9-7-14-11-4-3-10(15-16(9)11)13-6-8-2-1-5-17-8/h1-5,7H,6H2,(H,13,15). The van der Waals surface area contributed by atoms with Crippen LogP contribution in [-0.2, 0) is 6.54 Å². The number of nitrogens with one attached hydrogen (secondary N) is 1. The van der Waals surface area contributed by atoms with E-state index >= 15 is 0 Å². The van der Waals surface area contributed by atoms with Crippen LogP contribution in [0.3, 0.4) is 0 Å². The summed E-state index contributed by atoms with van der Waals surface area (Å²) in [6, 6.07) is 8.02. The van der Waals surface area contributed by atoms with Gasteiger partial charge in [0.2, 0.25) is 0 Å². The first-order chi connectivity index (χ1) is 8.33. The second kappa shape index (κ2) is 4.46. The number of rotatable bonds is 3. The highest BCUT2D eigenvalue weighted by Crippen LogP contribution is 2.15. The second-order valence-electron chi connectivity index (χ2n) is 3.50. The quantitative estimate of drug-likeness (QED) is 0.808.